The molecule has 0 aliphatic carbocycles. The van der Waals surface area contributed by atoms with Gasteiger partial charge < -0.3 is 14.9 Å². The number of carbonyl (C=O) groups is 1. The van der Waals surface area contributed by atoms with Gasteiger partial charge in [0.25, 0.3) is 5.69 Å². The highest BCUT2D eigenvalue weighted by atomic mass is 16.6. The number of hydrogen-bond acceptors (Lipinski definition) is 6. The largest absolute Gasteiger partial charge is 0.465 e. The summed E-state index contributed by atoms with van der Waals surface area (Å²) in [5, 5.41) is 21.7. The number of benzene rings is 1. The van der Waals surface area contributed by atoms with E-state index in [2.05, 4.69) is 20.1 Å². The highest BCUT2D eigenvalue weighted by molar-refractivity contribution is 5.82. The van der Waals surface area contributed by atoms with Crippen molar-refractivity contribution in [2.24, 2.45) is 0 Å². The molecule has 0 radical (unpaired) electrons. The van der Waals surface area contributed by atoms with Crippen LogP contribution >= 0.6 is 0 Å². The summed E-state index contributed by atoms with van der Waals surface area (Å²) >= 11 is 0. The molecular formula is C16H17N5O4. The maximum absolute atomic E-state index is 10.7. The van der Waals surface area contributed by atoms with Gasteiger partial charge in [0.05, 0.1) is 4.92 Å². The predicted molar refractivity (Wildman–Crippen MR) is 93.4 cm³/mol. The highest BCUT2D eigenvalue weighted by Gasteiger charge is 2.18. The fourth-order valence-corrected chi connectivity index (χ4v) is 2.80. The smallest absolute Gasteiger partial charge is 0.410 e. The van der Waals surface area contributed by atoms with Crippen molar-refractivity contribution >= 4 is 29.0 Å². The molecule has 2 aromatic rings. The van der Waals surface area contributed by atoms with E-state index in [1.807, 2.05) is 6.07 Å². The first-order chi connectivity index (χ1) is 12.0. The summed E-state index contributed by atoms with van der Waals surface area (Å²) in [6.07, 6.45) is 0.427. The summed E-state index contributed by atoms with van der Waals surface area (Å²) in [4.78, 5) is 29.3. The first kappa shape index (κ1) is 16.5. The van der Waals surface area contributed by atoms with Crippen LogP contribution in [0, 0.1) is 10.1 Å². The highest BCUT2D eigenvalue weighted by Crippen LogP contribution is 2.23. The SMILES string of the molecule is O=C(O)Nc1cc(N2CCN(c3ccc([N+](=O)[O-])cc3)CC2)ccn1. The Labute approximate surface area is 143 Å². The topological polar surface area (TPSA) is 112 Å². The van der Waals surface area contributed by atoms with Gasteiger partial charge in [0.15, 0.2) is 0 Å². The molecule has 1 aromatic heterocycles. The number of nitrogens with one attached hydrogen (secondary N) is 1. The molecule has 0 unspecified atom stereocenters. The number of anilines is 3. The molecule has 25 heavy (non-hydrogen) atoms. The molecule has 0 saturated carbocycles. The molecule has 9 heteroatoms. The Kier molecular flexibility index (Phi) is 4.64. The van der Waals surface area contributed by atoms with Crippen LogP contribution in [0.15, 0.2) is 42.6 Å². The van der Waals surface area contributed by atoms with E-state index >= 15 is 0 Å². The number of carboxylic acid groups (broad SMARTS) is 1. The van der Waals surface area contributed by atoms with Crippen LogP contribution in [0.1, 0.15) is 0 Å². The van der Waals surface area contributed by atoms with Crippen LogP contribution in [-0.4, -0.2) is 47.3 Å². The Morgan fingerprint density at radius 1 is 1.08 bits per heavy atom. The van der Waals surface area contributed by atoms with E-state index < -0.39 is 11.0 Å². The van der Waals surface area contributed by atoms with Gasteiger partial charge >= 0.3 is 6.09 Å². The molecule has 2 N–H and O–H groups in total. The van der Waals surface area contributed by atoms with Crippen molar-refractivity contribution in [2.75, 3.05) is 41.3 Å². The average molecular weight is 343 g/mol. The number of non-ortho nitro benzene ring substituents is 1. The van der Waals surface area contributed by atoms with E-state index in [1.54, 1.807) is 24.4 Å². The minimum absolute atomic E-state index is 0.0811. The van der Waals surface area contributed by atoms with Crippen LogP contribution in [0.3, 0.4) is 0 Å². The molecule has 2 heterocycles. The van der Waals surface area contributed by atoms with Gasteiger partial charge in [-0.3, -0.25) is 15.4 Å². The number of amides is 1. The Morgan fingerprint density at radius 2 is 1.68 bits per heavy atom. The van der Waals surface area contributed by atoms with Crippen molar-refractivity contribution in [2.45, 2.75) is 0 Å². The minimum Gasteiger partial charge on any atom is -0.465 e. The monoisotopic (exact) mass is 343 g/mol. The number of rotatable bonds is 4. The van der Waals surface area contributed by atoms with Crippen molar-refractivity contribution in [1.29, 1.82) is 0 Å². The fourth-order valence-electron chi connectivity index (χ4n) is 2.80. The quantitative estimate of drug-likeness (QED) is 0.647. The molecule has 1 aromatic carbocycles. The van der Waals surface area contributed by atoms with Crippen LogP contribution < -0.4 is 15.1 Å². The lowest BCUT2D eigenvalue weighted by molar-refractivity contribution is -0.384. The second kappa shape index (κ2) is 7.04. The Morgan fingerprint density at radius 3 is 2.24 bits per heavy atom. The molecular weight excluding hydrogens is 326 g/mol. The number of aromatic nitrogens is 1. The predicted octanol–water partition coefficient (Wildman–Crippen LogP) is 2.41. The molecule has 0 atom stereocenters. The molecule has 3 rings (SSSR count). The molecule has 0 bridgehead atoms. The van der Waals surface area contributed by atoms with Crippen LogP contribution in [0.5, 0.6) is 0 Å². The third-order valence-electron chi connectivity index (χ3n) is 4.05. The summed E-state index contributed by atoms with van der Waals surface area (Å²) < 4.78 is 0. The van der Waals surface area contributed by atoms with Crippen molar-refractivity contribution in [3.63, 3.8) is 0 Å². The first-order valence-corrected chi connectivity index (χ1v) is 7.73. The molecule has 1 saturated heterocycles. The molecule has 0 spiro atoms. The number of hydrogen-bond donors (Lipinski definition) is 2. The van der Waals surface area contributed by atoms with Crippen molar-refractivity contribution in [1.82, 2.24) is 4.98 Å². The lowest BCUT2D eigenvalue weighted by Crippen LogP contribution is -2.46. The lowest BCUT2D eigenvalue weighted by atomic mass is 10.2. The van der Waals surface area contributed by atoms with Gasteiger partial charge in [0.1, 0.15) is 5.82 Å². The Bertz CT molecular complexity index is 772. The van der Waals surface area contributed by atoms with Gasteiger partial charge in [-0.15, -0.1) is 0 Å². The molecule has 9 nitrogen and oxygen atoms in total. The van der Waals surface area contributed by atoms with Gasteiger partial charge in [-0.2, -0.15) is 0 Å². The molecule has 1 aliphatic rings. The lowest BCUT2D eigenvalue weighted by Gasteiger charge is -2.37. The number of nitrogens with zero attached hydrogens (tertiary/aromatic N) is 4. The zero-order valence-electron chi connectivity index (χ0n) is 13.3. The zero-order valence-corrected chi connectivity index (χ0v) is 13.3. The normalized spacial score (nSPS) is 14.2. The summed E-state index contributed by atoms with van der Waals surface area (Å²) in [5.74, 6) is 0.294. The van der Waals surface area contributed by atoms with E-state index in [0.29, 0.717) is 5.82 Å². The standard InChI is InChI=1S/C16H17N5O4/c22-16(23)18-15-11-14(5-6-17-15)20-9-7-19(8-10-20)12-1-3-13(4-2-12)21(24)25/h1-6,11H,7-10H2,(H,17,18)(H,22,23). The Balaban J connectivity index is 1.63. The van der Waals surface area contributed by atoms with Crippen LogP contribution in [-0.2, 0) is 0 Å². The van der Waals surface area contributed by atoms with Crippen LogP contribution in [0.2, 0.25) is 0 Å². The number of nitro groups is 1. The van der Waals surface area contributed by atoms with E-state index in [1.165, 1.54) is 12.1 Å². The maximum Gasteiger partial charge on any atom is 0.410 e. The Hall–Kier alpha value is -3.36. The average Bonchev–Trinajstić information content (AvgIpc) is 2.62. The zero-order chi connectivity index (χ0) is 17.8. The number of nitro benzene ring substituents is 1. The number of piperazine rings is 1. The van der Waals surface area contributed by atoms with E-state index in [0.717, 1.165) is 37.6 Å². The van der Waals surface area contributed by atoms with Gasteiger partial charge in [-0.1, -0.05) is 0 Å². The summed E-state index contributed by atoms with van der Waals surface area (Å²) in [6.45, 7) is 3.05. The van der Waals surface area contributed by atoms with E-state index in [-0.39, 0.29) is 5.69 Å². The van der Waals surface area contributed by atoms with E-state index in [9.17, 15) is 14.9 Å². The van der Waals surface area contributed by atoms with Gasteiger partial charge in [0, 0.05) is 61.9 Å². The molecule has 1 amide bonds. The maximum atomic E-state index is 10.7. The van der Waals surface area contributed by atoms with Crippen LogP contribution in [0.4, 0.5) is 27.7 Å². The third-order valence-corrected chi connectivity index (χ3v) is 4.05. The van der Waals surface area contributed by atoms with Crippen molar-refractivity contribution in [3.05, 3.63) is 52.7 Å². The molecule has 1 aliphatic heterocycles. The number of pyridine rings is 1. The van der Waals surface area contributed by atoms with Crippen molar-refractivity contribution < 1.29 is 14.8 Å². The van der Waals surface area contributed by atoms with Gasteiger partial charge in [-0.25, -0.2) is 9.78 Å². The fraction of sp³-hybridized carbons (Fsp3) is 0.250. The second-order valence-electron chi connectivity index (χ2n) is 5.58. The summed E-state index contributed by atoms with van der Waals surface area (Å²) in [6, 6.07) is 10.1. The van der Waals surface area contributed by atoms with Crippen molar-refractivity contribution in [3.8, 4) is 0 Å². The van der Waals surface area contributed by atoms with Gasteiger partial charge in [-0.05, 0) is 18.2 Å². The summed E-state index contributed by atoms with van der Waals surface area (Å²) in [7, 11) is 0. The first-order valence-electron chi connectivity index (χ1n) is 7.73. The minimum atomic E-state index is -1.15. The van der Waals surface area contributed by atoms with Gasteiger partial charge in [0.2, 0.25) is 0 Å². The van der Waals surface area contributed by atoms with E-state index in [4.69, 9.17) is 5.11 Å². The third kappa shape index (κ3) is 3.94. The van der Waals surface area contributed by atoms with Crippen LogP contribution in [0.25, 0.3) is 0 Å². The summed E-state index contributed by atoms with van der Waals surface area (Å²) in [5.41, 5.74) is 1.94. The molecule has 130 valence electrons. The second-order valence-corrected chi connectivity index (χ2v) is 5.58. The molecule has 1 fully saturated rings.